The quantitative estimate of drug-likeness (QED) is 0.556. The number of furan rings is 1. The van der Waals surface area contributed by atoms with Gasteiger partial charge in [-0.25, -0.2) is 10.4 Å². The predicted molar refractivity (Wildman–Crippen MR) is 117 cm³/mol. The summed E-state index contributed by atoms with van der Waals surface area (Å²) in [6.45, 7) is 2.35. The lowest BCUT2D eigenvalue weighted by atomic mass is 9.97. The third kappa shape index (κ3) is 4.20. The van der Waals surface area contributed by atoms with Gasteiger partial charge in [0.25, 0.3) is 0 Å². The molecular weight excluding hydrogens is 404 g/mol. The fraction of sp³-hybridized carbons (Fsp3) is 0.350. The number of nitrogens with one attached hydrogen (secondary N) is 4. The average Bonchev–Trinajstić information content (AvgIpc) is 3.40. The second kappa shape index (κ2) is 8.90. The van der Waals surface area contributed by atoms with Crippen molar-refractivity contribution in [3.8, 4) is 5.75 Å². The maximum Gasteiger partial charge on any atom is 0.230 e. The number of carbonyl (C=O) groups excluding carboxylic acids is 1. The van der Waals surface area contributed by atoms with E-state index in [1.807, 2.05) is 37.3 Å². The van der Waals surface area contributed by atoms with Gasteiger partial charge in [-0.3, -0.25) is 20.5 Å². The molecule has 3 heterocycles. The molecule has 1 aromatic carbocycles. The Labute approximate surface area is 178 Å². The van der Waals surface area contributed by atoms with Crippen LogP contribution in [0.4, 0.5) is 5.69 Å². The fourth-order valence-electron chi connectivity index (χ4n) is 3.48. The summed E-state index contributed by atoms with van der Waals surface area (Å²) in [4.78, 5) is 18.9. The van der Waals surface area contributed by atoms with Crippen molar-refractivity contribution in [1.82, 2.24) is 16.2 Å². The topological polar surface area (TPSA) is 115 Å². The summed E-state index contributed by atoms with van der Waals surface area (Å²) in [5.74, 6) is 1.73. The van der Waals surface area contributed by atoms with Crippen LogP contribution in [0.15, 0.2) is 52.1 Å². The molecule has 3 unspecified atom stereocenters. The third-order valence-corrected chi connectivity index (χ3v) is 5.97. The van der Waals surface area contributed by atoms with Gasteiger partial charge in [0.05, 0.1) is 37.3 Å². The summed E-state index contributed by atoms with van der Waals surface area (Å²) in [6.07, 6.45) is 1.33. The normalized spacial score (nSPS) is 23.1. The van der Waals surface area contributed by atoms with Gasteiger partial charge >= 0.3 is 0 Å². The largest absolute Gasteiger partial charge is 0.497 e. The number of anilines is 1. The van der Waals surface area contributed by atoms with Crippen LogP contribution >= 0.6 is 11.8 Å². The van der Waals surface area contributed by atoms with E-state index in [1.54, 1.807) is 24.3 Å². The van der Waals surface area contributed by atoms with Crippen molar-refractivity contribution in [3.05, 3.63) is 48.4 Å². The van der Waals surface area contributed by atoms with E-state index in [0.29, 0.717) is 29.1 Å². The minimum absolute atomic E-state index is 0.0579. The minimum atomic E-state index is -0.247. The summed E-state index contributed by atoms with van der Waals surface area (Å²) < 4.78 is 10.6. The molecule has 1 amide bonds. The first-order chi connectivity index (χ1) is 14.6. The molecule has 1 fully saturated rings. The first-order valence-corrected chi connectivity index (χ1v) is 10.6. The molecule has 9 nitrogen and oxygen atoms in total. The molecule has 0 aliphatic carbocycles. The van der Waals surface area contributed by atoms with Crippen molar-refractivity contribution in [2.45, 2.75) is 25.7 Å². The molecule has 1 saturated heterocycles. The zero-order valence-electron chi connectivity index (χ0n) is 16.7. The smallest absolute Gasteiger partial charge is 0.230 e. The van der Waals surface area contributed by atoms with Crippen LogP contribution in [0.5, 0.6) is 5.75 Å². The molecule has 0 saturated carbocycles. The van der Waals surface area contributed by atoms with Crippen molar-refractivity contribution >= 4 is 34.4 Å². The number of rotatable bonds is 6. The number of amides is 1. The van der Waals surface area contributed by atoms with Crippen molar-refractivity contribution in [2.75, 3.05) is 17.8 Å². The maximum absolute atomic E-state index is 12.3. The number of carbonyl (C=O) groups is 1. The fourth-order valence-corrected chi connectivity index (χ4v) is 4.36. The van der Waals surface area contributed by atoms with Crippen molar-refractivity contribution in [1.29, 1.82) is 5.41 Å². The number of hydrogen-bond acceptors (Lipinski definition) is 8. The number of thioether (sulfide) groups is 1. The summed E-state index contributed by atoms with van der Waals surface area (Å²) >= 11 is 1.30. The number of hydrogen-bond donors (Lipinski definition) is 4. The number of hydrazine groups is 1. The standard InChI is InChI=1S/C20H24N6O3S/c1-12-17-18(21)26(13-5-3-6-14(9-13)28-2)20(23-19(17)25-24-12)30-11-16(27)22-10-15-7-4-8-29-15/h3-9,12,17,19,21,24-25H,10-11H2,1-2H3,(H,22,27). The highest BCUT2D eigenvalue weighted by Gasteiger charge is 2.43. The number of methoxy groups -OCH3 is 1. The van der Waals surface area contributed by atoms with Gasteiger partial charge in [0.15, 0.2) is 5.17 Å². The number of amidine groups is 2. The zero-order chi connectivity index (χ0) is 21.1. The molecule has 0 radical (unpaired) electrons. The Morgan fingerprint density at radius 3 is 3.00 bits per heavy atom. The molecule has 158 valence electrons. The first-order valence-electron chi connectivity index (χ1n) is 9.60. The van der Waals surface area contributed by atoms with Crippen LogP contribution in [-0.4, -0.2) is 42.0 Å². The molecule has 4 rings (SSSR count). The minimum Gasteiger partial charge on any atom is -0.497 e. The lowest BCUT2D eigenvalue weighted by Gasteiger charge is -2.36. The van der Waals surface area contributed by atoms with Crippen LogP contribution in [0.2, 0.25) is 0 Å². The molecule has 10 heteroatoms. The third-order valence-electron chi connectivity index (χ3n) is 5.02. The summed E-state index contributed by atoms with van der Waals surface area (Å²) in [5, 5.41) is 12.3. The molecule has 1 aromatic heterocycles. The summed E-state index contributed by atoms with van der Waals surface area (Å²) in [5.41, 5.74) is 7.08. The Balaban J connectivity index is 1.52. The van der Waals surface area contributed by atoms with Crippen LogP contribution in [0.1, 0.15) is 12.7 Å². The molecule has 0 bridgehead atoms. The van der Waals surface area contributed by atoms with E-state index >= 15 is 0 Å². The Kier molecular flexibility index (Phi) is 6.07. The Morgan fingerprint density at radius 1 is 1.37 bits per heavy atom. The van der Waals surface area contributed by atoms with Gasteiger partial charge in [-0.05, 0) is 31.2 Å². The molecule has 4 N–H and O–H groups in total. The predicted octanol–water partition coefficient (Wildman–Crippen LogP) is 1.93. The maximum atomic E-state index is 12.3. The second-order valence-corrected chi connectivity index (χ2v) is 7.97. The average molecular weight is 429 g/mol. The van der Waals surface area contributed by atoms with Crippen LogP contribution in [-0.2, 0) is 11.3 Å². The molecule has 0 spiro atoms. The van der Waals surface area contributed by atoms with E-state index in [4.69, 9.17) is 19.6 Å². The molecule has 30 heavy (non-hydrogen) atoms. The van der Waals surface area contributed by atoms with Crippen LogP contribution < -0.4 is 25.8 Å². The molecule has 2 aliphatic heterocycles. The van der Waals surface area contributed by atoms with Crippen molar-refractivity contribution in [2.24, 2.45) is 10.9 Å². The number of benzene rings is 1. The Hall–Kier alpha value is -2.82. The highest BCUT2D eigenvalue weighted by molar-refractivity contribution is 8.14. The molecule has 2 aromatic rings. The lowest BCUT2D eigenvalue weighted by molar-refractivity contribution is -0.118. The van der Waals surface area contributed by atoms with E-state index in [-0.39, 0.29) is 29.8 Å². The van der Waals surface area contributed by atoms with Gasteiger partial charge < -0.3 is 14.5 Å². The summed E-state index contributed by atoms with van der Waals surface area (Å²) in [6, 6.07) is 11.2. The van der Waals surface area contributed by atoms with E-state index in [1.165, 1.54) is 11.8 Å². The number of nitrogens with zero attached hydrogens (tertiary/aromatic N) is 2. The highest BCUT2D eigenvalue weighted by atomic mass is 32.2. The Morgan fingerprint density at radius 2 is 2.23 bits per heavy atom. The van der Waals surface area contributed by atoms with Gasteiger partial charge in [-0.2, -0.15) is 0 Å². The zero-order valence-corrected chi connectivity index (χ0v) is 17.5. The van der Waals surface area contributed by atoms with Crippen LogP contribution in [0, 0.1) is 11.3 Å². The SMILES string of the molecule is COc1cccc(N2C(=N)C3C(C)NNC3N=C2SCC(=O)NCc2ccco2)c1. The van der Waals surface area contributed by atoms with Gasteiger partial charge in [0.2, 0.25) is 5.91 Å². The number of aliphatic imine (C=N–C) groups is 1. The van der Waals surface area contributed by atoms with Gasteiger partial charge in [0.1, 0.15) is 23.5 Å². The molecular formula is C20H24N6O3S. The molecule has 2 aliphatic rings. The monoisotopic (exact) mass is 428 g/mol. The highest BCUT2D eigenvalue weighted by Crippen LogP contribution is 2.32. The van der Waals surface area contributed by atoms with Gasteiger partial charge in [-0.1, -0.05) is 17.8 Å². The van der Waals surface area contributed by atoms with E-state index in [9.17, 15) is 4.79 Å². The second-order valence-electron chi connectivity index (χ2n) is 7.03. The van der Waals surface area contributed by atoms with Crippen molar-refractivity contribution < 1.29 is 13.9 Å². The first kappa shape index (κ1) is 20.5. The molecule has 3 atom stereocenters. The Bertz CT molecular complexity index is 948. The summed E-state index contributed by atoms with van der Waals surface area (Å²) in [7, 11) is 1.61. The van der Waals surface area contributed by atoms with E-state index in [2.05, 4.69) is 16.2 Å². The lowest BCUT2D eigenvalue weighted by Crippen LogP contribution is -2.50. The van der Waals surface area contributed by atoms with Gasteiger partial charge in [0, 0.05) is 12.1 Å². The number of fused-ring (bicyclic) bond motifs is 1. The van der Waals surface area contributed by atoms with Gasteiger partial charge in [-0.15, -0.1) is 0 Å². The van der Waals surface area contributed by atoms with E-state index < -0.39 is 0 Å². The van der Waals surface area contributed by atoms with E-state index in [0.717, 1.165) is 5.69 Å². The van der Waals surface area contributed by atoms with Crippen molar-refractivity contribution in [3.63, 3.8) is 0 Å². The van der Waals surface area contributed by atoms with Crippen LogP contribution in [0.25, 0.3) is 0 Å². The number of ether oxygens (including phenoxy) is 1. The van der Waals surface area contributed by atoms with Crippen LogP contribution in [0.3, 0.4) is 0 Å².